The summed E-state index contributed by atoms with van der Waals surface area (Å²) in [6.07, 6.45) is 1.70. The maximum atomic E-state index is 12.5. The van der Waals surface area contributed by atoms with E-state index in [1.165, 1.54) is 33.3 Å². The molecule has 4 rings (SSSR count). The van der Waals surface area contributed by atoms with Gasteiger partial charge in [-0.3, -0.25) is 20.4 Å². The van der Waals surface area contributed by atoms with E-state index in [-0.39, 0.29) is 17.0 Å². The largest absolute Gasteiger partial charge is 0.271 e. The predicted molar refractivity (Wildman–Crippen MR) is 108 cm³/mol. The molecule has 2 aromatic carbocycles. The van der Waals surface area contributed by atoms with E-state index in [0.717, 1.165) is 12.8 Å². The molecule has 2 N–H and O–H groups in total. The highest BCUT2D eigenvalue weighted by Gasteiger charge is 2.27. The first-order valence-corrected chi connectivity index (χ1v) is 10.9. The second-order valence-corrected chi connectivity index (χ2v) is 8.81. The summed E-state index contributed by atoms with van der Waals surface area (Å²) in [5, 5.41) is 7.88. The number of para-hydroxylation sites is 1. The van der Waals surface area contributed by atoms with Crippen LogP contribution in [0, 0.1) is 0 Å². The third-order valence-electron chi connectivity index (χ3n) is 4.85. The van der Waals surface area contributed by atoms with Crippen molar-refractivity contribution in [1.82, 2.24) is 30.2 Å². The highest BCUT2D eigenvalue weighted by atomic mass is 32.2. The Bertz CT molecular complexity index is 1180. The summed E-state index contributed by atoms with van der Waals surface area (Å²) >= 11 is 0. The maximum Gasteiger partial charge on any atom is 0.269 e. The Morgan fingerprint density at radius 3 is 2.40 bits per heavy atom. The summed E-state index contributed by atoms with van der Waals surface area (Å²) in [6.45, 7) is 0.906. The Morgan fingerprint density at radius 1 is 0.967 bits per heavy atom. The zero-order valence-corrected chi connectivity index (χ0v) is 16.8. The van der Waals surface area contributed by atoms with Gasteiger partial charge in [-0.2, -0.15) is 4.31 Å². The number of nitrogens with one attached hydrogen (secondary N) is 2. The summed E-state index contributed by atoms with van der Waals surface area (Å²) in [6, 6.07) is 12.8. The molecule has 2 heterocycles. The van der Waals surface area contributed by atoms with Crippen LogP contribution in [-0.2, 0) is 21.4 Å². The van der Waals surface area contributed by atoms with Crippen LogP contribution in [0.15, 0.2) is 53.4 Å². The molecule has 1 aromatic heterocycles. The summed E-state index contributed by atoms with van der Waals surface area (Å²) < 4.78 is 27.9. The van der Waals surface area contributed by atoms with Crippen molar-refractivity contribution < 1.29 is 18.0 Å². The molecule has 11 heteroatoms. The molecule has 3 aromatic rings. The summed E-state index contributed by atoms with van der Waals surface area (Å²) in [7, 11) is -3.54. The minimum Gasteiger partial charge on any atom is -0.271 e. The lowest BCUT2D eigenvalue weighted by Gasteiger charge is -2.15. The van der Waals surface area contributed by atoms with Gasteiger partial charge in [-0.05, 0) is 49.2 Å². The van der Waals surface area contributed by atoms with Gasteiger partial charge in [0, 0.05) is 18.7 Å². The average molecular weight is 428 g/mol. The van der Waals surface area contributed by atoms with Gasteiger partial charge < -0.3 is 0 Å². The zero-order valence-electron chi connectivity index (χ0n) is 16.0. The van der Waals surface area contributed by atoms with E-state index in [1.54, 1.807) is 12.1 Å². The standard InChI is InChI=1S/C19H20N6O4S/c26-18(13-25-17-6-2-1-5-16(17)20-23-25)21-22-19(27)14-7-9-15(10-8-14)30(28,29)24-11-3-4-12-24/h1-2,5-10H,3-4,11-13H2,(H,21,26)(H,22,27). The molecule has 2 amide bonds. The number of hydrogen-bond acceptors (Lipinski definition) is 6. The Balaban J connectivity index is 1.35. The van der Waals surface area contributed by atoms with E-state index >= 15 is 0 Å². The SMILES string of the molecule is O=C(Cn1nnc2ccccc21)NNC(=O)c1ccc(S(=O)(=O)N2CCCC2)cc1. The highest BCUT2D eigenvalue weighted by molar-refractivity contribution is 7.89. The van der Waals surface area contributed by atoms with Crippen molar-refractivity contribution >= 4 is 32.9 Å². The lowest BCUT2D eigenvalue weighted by atomic mass is 10.2. The minimum absolute atomic E-state index is 0.117. The molecule has 30 heavy (non-hydrogen) atoms. The molecule has 10 nitrogen and oxygen atoms in total. The molecule has 1 aliphatic rings. The second kappa shape index (κ2) is 8.20. The molecule has 1 saturated heterocycles. The van der Waals surface area contributed by atoms with Gasteiger partial charge >= 0.3 is 0 Å². The second-order valence-electron chi connectivity index (χ2n) is 6.87. The van der Waals surface area contributed by atoms with Gasteiger partial charge in [0.25, 0.3) is 11.8 Å². The number of nitrogens with zero attached hydrogens (tertiary/aromatic N) is 4. The first-order chi connectivity index (χ1) is 14.4. The van der Waals surface area contributed by atoms with E-state index < -0.39 is 21.8 Å². The average Bonchev–Trinajstić information content (AvgIpc) is 3.43. The molecule has 0 saturated carbocycles. The molecule has 0 atom stereocenters. The Labute approximate surface area is 172 Å². The molecular formula is C19H20N6O4S. The molecule has 156 valence electrons. The molecule has 1 aliphatic heterocycles. The number of benzene rings is 2. The van der Waals surface area contributed by atoms with Crippen LogP contribution >= 0.6 is 0 Å². The van der Waals surface area contributed by atoms with Gasteiger partial charge in [-0.15, -0.1) is 5.10 Å². The number of rotatable bonds is 5. The van der Waals surface area contributed by atoms with Gasteiger partial charge in [0.15, 0.2) is 0 Å². The third kappa shape index (κ3) is 4.02. The first kappa shape index (κ1) is 20.0. The van der Waals surface area contributed by atoms with Crippen molar-refractivity contribution in [3.63, 3.8) is 0 Å². The van der Waals surface area contributed by atoms with Gasteiger partial charge in [-0.1, -0.05) is 17.3 Å². The predicted octanol–water partition coefficient (Wildman–Crippen LogP) is 0.677. The Hall–Kier alpha value is -3.31. The van der Waals surface area contributed by atoms with Crippen molar-refractivity contribution in [1.29, 1.82) is 0 Å². The van der Waals surface area contributed by atoms with Crippen molar-refractivity contribution in [3.8, 4) is 0 Å². The summed E-state index contributed by atoms with van der Waals surface area (Å²) in [5.74, 6) is -1.04. The quantitative estimate of drug-likeness (QED) is 0.576. The van der Waals surface area contributed by atoms with Crippen LogP contribution in [0.25, 0.3) is 11.0 Å². The van der Waals surface area contributed by atoms with E-state index in [1.807, 2.05) is 12.1 Å². The summed E-state index contributed by atoms with van der Waals surface area (Å²) in [4.78, 5) is 24.5. The smallest absolute Gasteiger partial charge is 0.269 e. The minimum atomic E-state index is -3.54. The third-order valence-corrected chi connectivity index (χ3v) is 6.76. The van der Waals surface area contributed by atoms with E-state index in [2.05, 4.69) is 21.2 Å². The van der Waals surface area contributed by atoms with Gasteiger partial charge in [0.2, 0.25) is 10.0 Å². The number of sulfonamides is 1. The molecule has 0 bridgehead atoms. The van der Waals surface area contributed by atoms with Crippen molar-refractivity contribution in [2.45, 2.75) is 24.3 Å². The fourth-order valence-electron chi connectivity index (χ4n) is 3.26. The normalized spacial score (nSPS) is 14.7. The molecular weight excluding hydrogens is 408 g/mol. The van der Waals surface area contributed by atoms with Crippen LogP contribution in [0.4, 0.5) is 0 Å². The van der Waals surface area contributed by atoms with Gasteiger partial charge in [-0.25, -0.2) is 13.1 Å². The topological polar surface area (TPSA) is 126 Å². The molecule has 0 aliphatic carbocycles. The molecule has 0 radical (unpaired) electrons. The van der Waals surface area contributed by atoms with Gasteiger partial charge in [0.1, 0.15) is 12.1 Å². The molecule has 1 fully saturated rings. The van der Waals surface area contributed by atoms with Crippen molar-refractivity contribution in [3.05, 3.63) is 54.1 Å². The lowest BCUT2D eigenvalue weighted by molar-refractivity contribution is -0.122. The lowest BCUT2D eigenvalue weighted by Crippen LogP contribution is -2.43. The molecule has 0 spiro atoms. The van der Waals surface area contributed by atoms with E-state index in [9.17, 15) is 18.0 Å². The number of carbonyl (C=O) groups excluding carboxylic acids is 2. The number of hydrogen-bond donors (Lipinski definition) is 2. The van der Waals surface area contributed by atoms with Crippen LogP contribution in [0.3, 0.4) is 0 Å². The van der Waals surface area contributed by atoms with E-state index in [4.69, 9.17) is 0 Å². The number of carbonyl (C=O) groups is 2. The van der Waals surface area contributed by atoms with Crippen LogP contribution in [-0.4, -0.2) is 52.6 Å². The van der Waals surface area contributed by atoms with Crippen LogP contribution in [0.1, 0.15) is 23.2 Å². The Kier molecular flexibility index (Phi) is 5.46. The van der Waals surface area contributed by atoms with Crippen LogP contribution < -0.4 is 10.9 Å². The number of amides is 2. The monoisotopic (exact) mass is 428 g/mol. The number of hydrazine groups is 1. The highest BCUT2D eigenvalue weighted by Crippen LogP contribution is 2.21. The maximum absolute atomic E-state index is 12.5. The summed E-state index contributed by atoms with van der Waals surface area (Å²) in [5.41, 5.74) is 6.22. The fraction of sp³-hybridized carbons (Fsp3) is 0.263. The van der Waals surface area contributed by atoms with E-state index in [0.29, 0.717) is 24.1 Å². The Morgan fingerprint density at radius 2 is 1.67 bits per heavy atom. The number of aromatic nitrogens is 3. The molecule has 0 unspecified atom stereocenters. The van der Waals surface area contributed by atoms with Crippen LogP contribution in [0.5, 0.6) is 0 Å². The fourth-order valence-corrected chi connectivity index (χ4v) is 4.78. The first-order valence-electron chi connectivity index (χ1n) is 9.43. The number of fused-ring (bicyclic) bond motifs is 1. The van der Waals surface area contributed by atoms with Gasteiger partial charge in [0.05, 0.1) is 10.4 Å². The van der Waals surface area contributed by atoms with Crippen molar-refractivity contribution in [2.24, 2.45) is 0 Å². The van der Waals surface area contributed by atoms with Crippen molar-refractivity contribution in [2.75, 3.05) is 13.1 Å². The van der Waals surface area contributed by atoms with Crippen LogP contribution in [0.2, 0.25) is 0 Å². The zero-order chi connectivity index (χ0) is 21.1.